The maximum Gasteiger partial charge on any atom is 0.241 e. The van der Waals surface area contributed by atoms with E-state index < -0.39 is 15.9 Å². The summed E-state index contributed by atoms with van der Waals surface area (Å²) in [5.41, 5.74) is 1.68. The molecule has 2 N–H and O–H groups in total. The van der Waals surface area contributed by atoms with Gasteiger partial charge in [-0.15, -0.1) is 0 Å². The standard InChI is InChI=1S/C19H25N3O4S/c1-4-22(5-2)16-8-6-15(7-9-16)21-19(23)14-20-27(24,25)18-12-10-17(26-3)11-13-18/h6-13,20H,4-5,14H2,1-3H3,(H,21,23). The third-order valence-electron chi connectivity index (χ3n) is 4.07. The van der Waals surface area contributed by atoms with E-state index in [1.807, 2.05) is 12.1 Å². The molecule has 2 rings (SSSR count). The van der Waals surface area contributed by atoms with Gasteiger partial charge in [-0.05, 0) is 62.4 Å². The number of carbonyl (C=O) groups is 1. The van der Waals surface area contributed by atoms with Gasteiger partial charge in [0, 0.05) is 24.5 Å². The number of amides is 1. The Labute approximate surface area is 160 Å². The van der Waals surface area contributed by atoms with Gasteiger partial charge in [0.15, 0.2) is 0 Å². The lowest BCUT2D eigenvalue weighted by molar-refractivity contribution is -0.115. The Bertz CT molecular complexity index is 846. The van der Waals surface area contributed by atoms with Crippen molar-refractivity contribution in [2.24, 2.45) is 0 Å². The number of anilines is 2. The van der Waals surface area contributed by atoms with Crippen molar-refractivity contribution < 1.29 is 17.9 Å². The van der Waals surface area contributed by atoms with Crippen molar-refractivity contribution in [3.63, 3.8) is 0 Å². The summed E-state index contributed by atoms with van der Waals surface area (Å²) in [7, 11) is -2.27. The number of sulfonamides is 1. The summed E-state index contributed by atoms with van der Waals surface area (Å²) < 4.78 is 31.8. The first-order valence-corrected chi connectivity index (χ1v) is 10.2. The number of ether oxygens (including phenoxy) is 1. The van der Waals surface area contributed by atoms with Crippen LogP contribution in [0.4, 0.5) is 11.4 Å². The third kappa shape index (κ3) is 5.70. The highest BCUT2D eigenvalue weighted by Crippen LogP contribution is 2.18. The van der Waals surface area contributed by atoms with Crippen LogP contribution in [0.25, 0.3) is 0 Å². The first-order chi connectivity index (χ1) is 12.9. The quantitative estimate of drug-likeness (QED) is 0.686. The summed E-state index contributed by atoms with van der Waals surface area (Å²) in [6.07, 6.45) is 0. The number of nitrogens with one attached hydrogen (secondary N) is 2. The molecule has 7 nitrogen and oxygen atoms in total. The summed E-state index contributed by atoms with van der Waals surface area (Å²) in [5, 5.41) is 2.68. The molecule has 0 unspecified atom stereocenters. The van der Waals surface area contributed by atoms with E-state index in [0.717, 1.165) is 18.8 Å². The molecule has 0 fully saturated rings. The lowest BCUT2D eigenvalue weighted by atomic mass is 10.2. The minimum absolute atomic E-state index is 0.0691. The molecule has 0 spiro atoms. The van der Waals surface area contributed by atoms with Gasteiger partial charge in [0.1, 0.15) is 5.75 Å². The number of benzene rings is 2. The zero-order chi connectivity index (χ0) is 19.9. The fourth-order valence-electron chi connectivity index (χ4n) is 2.55. The van der Waals surface area contributed by atoms with Gasteiger partial charge in [0.25, 0.3) is 0 Å². The Morgan fingerprint density at radius 1 is 1.00 bits per heavy atom. The molecule has 0 aromatic heterocycles. The highest BCUT2D eigenvalue weighted by Gasteiger charge is 2.15. The molecule has 0 heterocycles. The minimum atomic E-state index is -3.77. The number of methoxy groups -OCH3 is 1. The summed E-state index contributed by atoms with van der Waals surface area (Å²) in [6.45, 7) is 5.60. The first-order valence-electron chi connectivity index (χ1n) is 8.68. The normalized spacial score (nSPS) is 11.1. The van der Waals surface area contributed by atoms with Gasteiger partial charge >= 0.3 is 0 Å². The molecule has 0 aliphatic carbocycles. The maximum atomic E-state index is 12.2. The van der Waals surface area contributed by atoms with Crippen molar-refractivity contribution in [3.05, 3.63) is 48.5 Å². The molecule has 2 aromatic carbocycles. The van der Waals surface area contributed by atoms with E-state index in [1.54, 1.807) is 24.3 Å². The monoisotopic (exact) mass is 391 g/mol. The van der Waals surface area contributed by atoms with Crippen molar-refractivity contribution in [2.45, 2.75) is 18.7 Å². The van der Waals surface area contributed by atoms with Gasteiger partial charge in [-0.25, -0.2) is 13.1 Å². The average Bonchev–Trinajstić information content (AvgIpc) is 2.69. The molecule has 0 aliphatic heterocycles. The molecule has 0 atom stereocenters. The van der Waals surface area contributed by atoms with E-state index in [4.69, 9.17) is 4.74 Å². The van der Waals surface area contributed by atoms with Gasteiger partial charge in [0.05, 0.1) is 18.6 Å². The number of nitrogens with zero attached hydrogens (tertiary/aromatic N) is 1. The second kappa shape index (κ2) is 9.38. The van der Waals surface area contributed by atoms with Crippen molar-refractivity contribution in [1.29, 1.82) is 0 Å². The van der Waals surface area contributed by atoms with Crippen LogP contribution >= 0.6 is 0 Å². The largest absolute Gasteiger partial charge is 0.497 e. The Kier molecular flexibility index (Phi) is 7.20. The molecule has 1 amide bonds. The fraction of sp³-hybridized carbons (Fsp3) is 0.316. The molecule has 0 aliphatic rings. The third-order valence-corrected chi connectivity index (χ3v) is 5.49. The van der Waals surface area contributed by atoms with E-state index in [-0.39, 0.29) is 11.4 Å². The average molecular weight is 391 g/mol. The summed E-state index contributed by atoms with van der Waals surface area (Å²) >= 11 is 0. The summed E-state index contributed by atoms with van der Waals surface area (Å²) in [6, 6.07) is 13.4. The number of carbonyl (C=O) groups excluding carboxylic acids is 1. The molecular formula is C19H25N3O4S. The molecule has 8 heteroatoms. The van der Waals surface area contributed by atoms with Gasteiger partial charge in [-0.1, -0.05) is 0 Å². The second-order valence-corrected chi connectivity index (χ2v) is 7.53. The van der Waals surface area contributed by atoms with Crippen LogP contribution in [-0.4, -0.2) is 41.1 Å². The minimum Gasteiger partial charge on any atom is -0.497 e. The van der Waals surface area contributed by atoms with Crippen LogP contribution in [0.15, 0.2) is 53.4 Å². The summed E-state index contributed by atoms with van der Waals surface area (Å²) in [5.74, 6) is 0.113. The number of hydrogen-bond donors (Lipinski definition) is 2. The highest BCUT2D eigenvalue weighted by molar-refractivity contribution is 7.89. The van der Waals surface area contributed by atoms with Crippen molar-refractivity contribution in [1.82, 2.24) is 4.72 Å². The second-order valence-electron chi connectivity index (χ2n) is 5.77. The zero-order valence-electron chi connectivity index (χ0n) is 15.7. The molecule has 146 valence electrons. The molecule has 2 aromatic rings. The molecule has 0 bridgehead atoms. The van der Waals surface area contributed by atoms with Gasteiger partial charge < -0.3 is 15.0 Å². The van der Waals surface area contributed by atoms with Crippen LogP contribution in [0.2, 0.25) is 0 Å². The molecule has 0 saturated heterocycles. The van der Waals surface area contributed by atoms with Crippen molar-refractivity contribution in [2.75, 3.05) is 37.0 Å². The fourth-order valence-corrected chi connectivity index (χ4v) is 3.53. The predicted octanol–water partition coefficient (Wildman–Crippen LogP) is 2.46. The van der Waals surface area contributed by atoms with Crippen LogP contribution in [0.1, 0.15) is 13.8 Å². The SMILES string of the molecule is CCN(CC)c1ccc(NC(=O)CNS(=O)(=O)c2ccc(OC)cc2)cc1. The smallest absolute Gasteiger partial charge is 0.241 e. The molecular weight excluding hydrogens is 366 g/mol. The van der Waals surface area contributed by atoms with Crippen LogP contribution in [0.3, 0.4) is 0 Å². The summed E-state index contributed by atoms with van der Waals surface area (Å²) in [4.78, 5) is 14.3. The maximum absolute atomic E-state index is 12.2. The van der Waals surface area contributed by atoms with Gasteiger partial charge in [-0.2, -0.15) is 0 Å². The number of rotatable bonds is 9. The Morgan fingerprint density at radius 3 is 2.11 bits per heavy atom. The van der Waals surface area contributed by atoms with Crippen molar-refractivity contribution in [3.8, 4) is 5.75 Å². The van der Waals surface area contributed by atoms with Crippen LogP contribution in [0.5, 0.6) is 5.75 Å². The van der Waals surface area contributed by atoms with E-state index in [9.17, 15) is 13.2 Å². The van der Waals surface area contributed by atoms with Crippen LogP contribution < -0.4 is 19.7 Å². The first kappa shape index (κ1) is 20.7. The lowest BCUT2D eigenvalue weighted by Gasteiger charge is -2.21. The van der Waals surface area contributed by atoms with Gasteiger partial charge in [-0.3, -0.25) is 4.79 Å². The molecule has 27 heavy (non-hydrogen) atoms. The Morgan fingerprint density at radius 2 is 1.59 bits per heavy atom. The number of hydrogen-bond acceptors (Lipinski definition) is 5. The van der Waals surface area contributed by atoms with E-state index in [1.165, 1.54) is 19.2 Å². The highest BCUT2D eigenvalue weighted by atomic mass is 32.2. The van der Waals surface area contributed by atoms with Gasteiger partial charge in [0.2, 0.25) is 15.9 Å². The van der Waals surface area contributed by atoms with Crippen LogP contribution in [-0.2, 0) is 14.8 Å². The molecule has 0 radical (unpaired) electrons. The van der Waals surface area contributed by atoms with E-state index in [2.05, 4.69) is 28.8 Å². The van der Waals surface area contributed by atoms with Crippen LogP contribution in [0, 0.1) is 0 Å². The topological polar surface area (TPSA) is 87.7 Å². The van der Waals surface area contributed by atoms with Crippen molar-refractivity contribution >= 4 is 27.3 Å². The van der Waals surface area contributed by atoms with E-state index in [0.29, 0.717) is 11.4 Å². The van der Waals surface area contributed by atoms with E-state index >= 15 is 0 Å². The Balaban J connectivity index is 1.93. The zero-order valence-corrected chi connectivity index (χ0v) is 16.5. The lowest BCUT2D eigenvalue weighted by Crippen LogP contribution is -2.32. The Hall–Kier alpha value is -2.58. The predicted molar refractivity (Wildman–Crippen MR) is 107 cm³/mol. The molecule has 0 saturated carbocycles.